The van der Waals surface area contributed by atoms with Crippen LogP contribution in [0.3, 0.4) is 0 Å². The fraction of sp³-hybridized carbons (Fsp3) is 0.250. The van der Waals surface area contributed by atoms with Crippen LogP contribution >= 0.6 is 0 Å². The Morgan fingerprint density at radius 1 is 0.647 bits per heavy atom. The molecule has 0 bridgehead atoms. The van der Waals surface area contributed by atoms with Gasteiger partial charge in [0.25, 0.3) is 0 Å². The summed E-state index contributed by atoms with van der Waals surface area (Å²) in [6.45, 7) is 8.38. The summed E-state index contributed by atoms with van der Waals surface area (Å²) < 4.78 is 0. The largest absolute Gasteiger partial charge is 0.184 e. The Bertz CT molecular complexity index is 361. The molecular weight excluding hydrogens is 281 g/mol. The van der Waals surface area contributed by atoms with E-state index in [4.69, 9.17) is 0 Å². The molecule has 87 valence electrons. The van der Waals surface area contributed by atoms with Crippen molar-refractivity contribution < 1.29 is 32.7 Å². The molecule has 0 N–H and O–H groups in total. The fourth-order valence-electron chi connectivity index (χ4n) is 1.18. The van der Waals surface area contributed by atoms with Gasteiger partial charge >= 0.3 is 0 Å². The number of aryl methyl sites for hydroxylation is 4. The van der Waals surface area contributed by atoms with Crippen LogP contribution in [0.5, 0.6) is 0 Å². The second-order valence-electron chi connectivity index (χ2n) is 4.02. The maximum absolute atomic E-state index is 3.00. The predicted molar refractivity (Wildman–Crippen MR) is 69.5 cm³/mol. The van der Waals surface area contributed by atoms with Crippen molar-refractivity contribution >= 4 is 0 Å². The van der Waals surface area contributed by atoms with E-state index in [0.717, 1.165) is 0 Å². The summed E-state index contributed by atoms with van der Waals surface area (Å²) in [7, 11) is 0. The van der Waals surface area contributed by atoms with Crippen LogP contribution in [0.25, 0.3) is 0 Å². The molecule has 0 heterocycles. The van der Waals surface area contributed by atoms with Gasteiger partial charge in [0.05, 0.1) is 0 Å². The quantitative estimate of drug-likeness (QED) is 0.639. The van der Waals surface area contributed by atoms with Gasteiger partial charge in [-0.3, -0.25) is 0 Å². The summed E-state index contributed by atoms with van der Waals surface area (Å²) in [5.74, 6) is 0. The molecule has 0 aromatic heterocycles. The molecule has 0 nitrogen and oxygen atoms in total. The first-order valence-corrected chi connectivity index (χ1v) is 5.48. The molecule has 1 heteroatoms. The molecule has 0 amide bonds. The monoisotopic (exact) mass is 299 g/mol. The molecule has 0 saturated carbocycles. The Morgan fingerprint density at radius 2 is 1.00 bits per heavy atom. The van der Waals surface area contributed by atoms with Crippen LogP contribution in [0.1, 0.15) is 22.3 Å². The first kappa shape index (κ1) is 16.5. The van der Waals surface area contributed by atoms with Crippen LogP contribution in [0, 0.1) is 39.8 Å². The van der Waals surface area contributed by atoms with Crippen molar-refractivity contribution in [3.8, 4) is 0 Å². The van der Waals surface area contributed by atoms with E-state index in [1.54, 1.807) is 0 Å². The third-order valence-electron chi connectivity index (χ3n) is 2.70. The molecule has 2 aromatic rings. The number of hydrogen-bond donors (Lipinski definition) is 0. The Hall–Kier alpha value is -0.456. The maximum Gasteiger partial charge on any atom is 0 e. The Balaban J connectivity index is 0.000000284. The van der Waals surface area contributed by atoms with E-state index >= 15 is 0 Å². The molecule has 0 aliphatic rings. The molecule has 2 rings (SSSR count). The first-order valence-electron chi connectivity index (χ1n) is 5.48. The summed E-state index contributed by atoms with van der Waals surface area (Å²) in [5.41, 5.74) is 5.30. The van der Waals surface area contributed by atoms with Gasteiger partial charge in [0.15, 0.2) is 0 Å². The Kier molecular flexibility index (Phi) is 8.38. The van der Waals surface area contributed by atoms with E-state index in [0.29, 0.717) is 0 Å². The molecule has 0 saturated heterocycles. The van der Waals surface area contributed by atoms with Gasteiger partial charge in [0.2, 0.25) is 0 Å². The van der Waals surface area contributed by atoms with Gasteiger partial charge in [-0.15, -0.1) is 0 Å². The number of benzene rings is 2. The smallest absolute Gasteiger partial charge is 0 e. The average molecular weight is 299 g/mol. The molecule has 2 aromatic carbocycles. The van der Waals surface area contributed by atoms with Gasteiger partial charge in [-0.25, -0.2) is 0 Å². The summed E-state index contributed by atoms with van der Waals surface area (Å²) in [5, 5.41) is 0. The van der Waals surface area contributed by atoms with Crippen molar-refractivity contribution in [1.29, 1.82) is 0 Å². The summed E-state index contributed by atoms with van der Waals surface area (Å²) in [6, 6.07) is 18.0. The molecule has 0 aliphatic carbocycles. The van der Waals surface area contributed by atoms with E-state index in [1.807, 2.05) is 24.3 Å². The zero-order chi connectivity index (χ0) is 12.0. The SMILES string of the molecule is Cc1c[c-]ccc1C.Cc1c[c-]ccc1C.[Y]. The van der Waals surface area contributed by atoms with Crippen molar-refractivity contribution in [1.82, 2.24) is 0 Å². The Morgan fingerprint density at radius 3 is 1.18 bits per heavy atom. The maximum atomic E-state index is 3.00. The standard InChI is InChI=1S/2C8H9.Y/c2*1-7-5-3-4-6-8(7)2;/h2*3,5-6H,1-2H3;/q2*-1;. The molecule has 0 aliphatic heterocycles. The van der Waals surface area contributed by atoms with Crippen molar-refractivity contribution in [3.63, 3.8) is 0 Å². The third-order valence-corrected chi connectivity index (χ3v) is 2.70. The van der Waals surface area contributed by atoms with Crippen LogP contribution in [0.2, 0.25) is 0 Å². The van der Waals surface area contributed by atoms with E-state index in [2.05, 4.69) is 52.0 Å². The molecule has 0 fully saturated rings. The molecule has 17 heavy (non-hydrogen) atoms. The third kappa shape index (κ3) is 6.14. The van der Waals surface area contributed by atoms with Crippen molar-refractivity contribution in [2.75, 3.05) is 0 Å². The van der Waals surface area contributed by atoms with Gasteiger partial charge < -0.3 is 0 Å². The van der Waals surface area contributed by atoms with Gasteiger partial charge in [-0.1, -0.05) is 27.7 Å². The minimum Gasteiger partial charge on any atom is -0.184 e. The van der Waals surface area contributed by atoms with E-state index < -0.39 is 0 Å². The van der Waals surface area contributed by atoms with Crippen LogP contribution in [-0.2, 0) is 32.7 Å². The molecular formula is C16H18Y-2. The van der Waals surface area contributed by atoms with Crippen molar-refractivity contribution in [3.05, 3.63) is 70.8 Å². The zero-order valence-corrected chi connectivity index (χ0v) is 13.9. The molecule has 0 unspecified atom stereocenters. The minimum atomic E-state index is 0. The summed E-state index contributed by atoms with van der Waals surface area (Å²) in [6.07, 6.45) is 0. The second-order valence-corrected chi connectivity index (χ2v) is 4.02. The van der Waals surface area contributed by atoms with E-state index in [-0.39, 0.29) is 32.7 Å². The molecule has 1 radical (unpaired) electrons. The van der Waals surface area contributed by atoms with Crippen LogP contribution in [0.4, 0.5) is 0 Å². The second kappa shape index (κ2) is 8.61. The topological polar surface area (TPSA) is 0 Å². The van der Waals surface area contributed by atoms with E-state index in [1.165, 1.54) is 22.3 Å². The minimum absolute atomic E-state index is 0. The summed E-state index contributed by atoms with van der Waals surface area (Å²) in [4.78, 5) is 0. The number of rotatable bonds is 0. The van der Waals surface area contributed by atoms with Crippen LogP contribution in [-0.4, -0.2) is 0 Å². The Labute approximate surface area is 130 Å². The predicted octanol–water partition coefficient (Wildman–Crippen LogP) is 4.20. The van der Waals surface area contributed by atoms with Crippen LogP contribution < -0.4 is 0 Å². The zero-order valence-electron chi connectivity index (χ0n) is 11.0. The number of hydrogen-bond acceptors (Lipinski definition) is 0. The van der Waals surface area contributed by atoms with Gasteiger partial charge in [-0.05, 0) is 0 Å². The molecule has 0 atom stereocenters. The van der Waals surface area contributed by atoms with Crippen molar-refractivity contribution in [2.24, 2.45) is 0 Å². The average Bonchev–Trinajstić information content (AvgIpc) is 2.28. The summed E-state index contributed by atoms with van der Waals surface area (Å²) >= 11 is 0. The van der Waals surface area contributed by atoms with Gasteiger partial charge in [-0.2, -0.15) is 70.8 Å². The normalized spacial score (nSPS) is 8.71. The van der Waals surface area contributed by atoms with Crippen molar-refractivity contribution in [2.45, 2.75) is 27.7 Å². The van der Waals surface area contributed by atoms with Gasteiger partial charge in [0, 0.05) is 32.7 Å². The van der Waals surface area contributed by atoms with E-state index in [9.17, 15) is 0 Å². The van der Waals surface area contributed by atoms with Crippen LogP contribution in [0.15, 0.2) is 36.4 Å². The fourth-order valence-corrected chi connectivity index (χ4v) is 1.18. The molecule has 0 spiro atoms. The first-order chi connectivity index (χ1) is 7.61. The van der Waals surface area contributed by atoms with Gasteiger partial charge in [0.1, 0.15) is 0 Å².